The summed E-state index contributed by atoms with van der Waals surface area (Å²) in [5.41, 5.74) is 20.4. The van der Waals surface area contributed by atoms with E-state index in [0.29, 0.717) is 5.82 Å². The monoisotopic (exact) mass is 928 g/mol. The van der Waals surface area contributed by atoms with Gasteiger partial charge in [-0.3, -0.25) is 0 Å². The highest BCUT2D eigenvalue weighted by molar-refractivity contribution is 7.09. The van der Waals surface area contributed by atoms with Gasteiger partial charge in [-0.2, -0.15) is 0 Å². The fraction of sp³-hybridized carbons (Fsp3) is 0.0606. The molecule has 0 saturated heterocycles. The first kappa shape index (κ1) is 43.3. The molecular weight excluding hydrogens is 877 g/mol. The van der Waals surface area contributed by atoms with Crippen LogP contribution in [0.4, 0.5) is 0 Å². The second kappa shape index (κ2) is 17.5. The molecule has 0 spiro atoms. The topological polar surface area (TPSA) is 25.8 Å². The summed E-state index contributed by atoms with van der Waals surface area (Å²) in [6.07, 6.45) is 0. The third-order valence-corrected chi connectivity index (χ3v) is 21.8. The van der Waals surface area contributed by atoms with Crippen molar-refractivity contribution in [2.45, 2.75) is 26.2 Å². The molecule has 0 bridgehead atoms. The van der Waals surface area contributed by atoms with Gasteiger partial charge in [0, 0.05) is 16.7 Å². The molecule has 9 aromatic carbocycles. The highest BCUT2D eigenvalue weighted by atomic mass is 28.3. The number of hydrogen-bond donors (Lipinski definition) is 0. The molecule has 0 amide bonds. The molecule has 2 aliphatic rings. The zero-order valence-corrected chi connectivity index (χ0v) is 42.0. The Kier molecular flexibility index (Phi) is 10.8. The lowest BCUT2D eigenvalue weighted by Gasteiger charge is -2.27. The molecule has 4 heteroatoms. The van der Waals surface area contributed by atoms with Crippen molar-refractivity contribution in [3.05, 3.63) is 276 Å². The van der Waals surface area contributed by atoms with Crippen LogP contribution in [-0.4, -0.2) is 26.1 Å². The standard InChI is InChI=1S/C66H52N2Si2/c1-69(2)62(48-31-17-8-18-32-48)60(46-27-13-6-14-28-46)56-39-23-37-54(64(56)69)51-41-52(43-53(42-51)59-44-58(45-25-11-5-12-26-45)67-66(68-59)50-35-21-10-22-36-50)55-38-24-40-57-61(47-29-15-7-16-30-47)63(70(3,4)65(55)57)49-33-19-9-20-34-49/h5-44H,1-4H3. The van der Waals surface area contributed by atoms with Crippen LogP contribution in [0.3, 0.4) is 0 Å². The normalized spacial score (nSPS) is 14.4. The Bertz CT molecular complexity index is 3420. The van der Waals surface area contributed by atoms with E-state index in [2.05, 4.69) is 269 Å². The lowest BCUT2D eigenvalue weighted by molar-refractivity contribution is 1.18. The maximum absolute atomic E-state index is 5.47. The zero-order valence-electron chi connectivity index (χ0n) is 40.0. The Labute approximate surface area is 414 Å². The predicted molar refractivity (Wildman–Crippen MR) is 301 cm³/mol. The summed E-state index contributed by atoms with van der Waals surface area (Å²) in [5.74, 6) is 0.709. The summed E-state index contributed by atoms with van der Waals surface area (Å²) in [6.45, 7) is 10.2. The van der Waals surface area contributed by atoms with Crippen LogP contribution in [0.2, 0.25) is 26.2 Å². The Morgan fingerprint density at radius 3 is 0.971 bits per heavy atom. The maximum Gasteiger partial charge on any atom is 0.160 e. The summed E-state index contributed by atoms with van der Waals surface area (Å²) >= 11 is 0. The van der Waals surface area contributed by atoms with Crippen molar-refractivity contribution < 1.29 is 0 Å². The molecule has 0 unspecified atom stereocenters. The van der Waals surface area contributed by atoms with Crippen molar-refractivity contribution in [1.82, 2.24) is 9.97 Å². The fourth-order valence-electron chi connectivity index (χ4n) is 11.7. The first-order chi connectivity index (χ1) is 34.3. The Balaban J connectivity index is 1.14. The Morgan fingerprint density at radius 2 is 0.571 bits per heavy atom. The van der Waals surface area contributed by atoms with E-state index < -0.39 is 16.1 Å². The van der Waals surface area contributed by atoms with Crippen LogP contribution in [0.5, 0.6) is 0 Å². The van der Waals surface area contributed by atoms with Crippen LogP contribution >= 0.6 is 0 Å². The van der Waals surface area contributed by atoms with Crippen molar-refractivity contribution in [2.75, 3.05) is 0 Å². The number of benzene rings is 9. The lowest BCUT2D eigenvalue weighted by Crippen LogP contribution is -2.42. The summed E-state index contributed by atoms with van der Waals surface area (Å²) in [5, 5.41) is 5.91. The average Bonchev–Trinajstić information content (AvgIpc) is 3.82. The third kappa shape index (κ3) is 7.39. The molecule has 0 fully saturated rings. The molecule has 0 atom stereocenters. The van der Waals surface area contributed by atoms with Crippen LogP contribution in [0.15, 0.2) is 243 Å². The molecule has 0 N–H and O–H groups in total. The van der Waals surface area contributed by atoms with E-state index in [1.54, 1.807) is 0 Å². The van der Waals surface area contributed by atoms with E-state index in [9.17, 15) is 0 Å². The van der Waals surface area contributed by atoms with E-state index in [-0.39, 0.29) is 0 Å². The van der Waals surface area contributed by atoms with Crippen LogP contribution in [-0.2, 0) is 0 Å². The van der Waals surface area contributed by atoms with Gasteiger partial charge in [-0.25, -0.2) is 9.97 Å². The van der Waals surface area contributed by atoms with Crippen molar-refractivity contribution in [1.29, 1.82) is 0 Å². The molecule has 2 nitrogen and oxygen atoms in total. The van der Waals surface area contributed by atoms with Gasteiger partial charge in [0.1, 0.15) is 16.1 Å². The van der Waals surface area contributed by atoms with Gasteiger partial charge < -0.3 is 0 Å². The molecule has 70 heavy (non-hydrogen) atoms. The molecule has 334 valence electrons. The van der Waals surface area contributed by atoms with Crippen LogP contribution < -0.4 is 10.4 Å². The second-order valence-electron chi connectivity index (χ2n) is 19.7. The highest BCUT2D eigenvalue weighted by Gasteiger charge is 2.44. The number of hydrogen-bond acceptors (Lipinski definition) is 2. The van der Waals surface area contributed by atoms with Crippen molar-refractivity contribution in [2.24, 2.45) is 0 Å². The van der Waals surface area contributed by atoms with E-state index >= 15 is 0 Å². The molecule has 2 aliphatic heterocycles. The summed E-state index contributed by atoms with van der Waals surface area (Å²) in [6, 6.07) is 88.9. The minimum absolute atomic E-state index is 0.709. The Hall–Kier alpha value is -8.03. The maximum atomic E-state index is 5.47. The Morgan fingerprint density at radius 1 is 0.257 bits per heavy atom. The van der Waals surface area contributed by atoms with E-state index in [1.807, 2.05) is 0 Å². The van der Waals surface area contributed by atoms with Gasteiger partial charge in [0.2, 0.25) is 0 Å². The lowest BCUT2D eigenvalue weighted by atomic mass is 9.89. The van der Waals surface area contributed by atoms with Gasteiger partial charge in [0.05, 0.1) is 11.4 Å². The van der Waals surface area contributed by atoms with E-state index in [0.717, 1.165) is 28.1 Å². The second-order valence-corrected chi connectivity index (χ2v) is 28.2. The highest BCUT2D eigenvalue weighted by Crippen LogP contribution is 2.48. The van der Waals surface area contributed by atoms with Crippen LogP contribution in [0.25, 0.3) is 77.7 Å². The number of rotatable bonds is 9. The predicted octanol–water partition coefficient (Wildman–Crippen LogP) is 15.7. The van der Waals surface area contributed by atoms with Gasteiger partial charge in [0.15, 0.2) is 5.82 Å². The molecule has 0 aliphatic carbocycles. The minimum atomic E-state index is -2.38. The number of fused-ring (bicyclic) bond motifs is 2. The molecule has 12 rings (SSSR count). The average molecular weight is 929 g/mol. The summed E-state index contributed by atoms with van der Waals surface area (Å²) in [7, 11) is -4.76. The number of aromatic nitrogens is 2. The van der Waals surface area contributed by atoms with Gasteiger partial charge in [-0.1, -0.05) is 245 Å². The van der Waals surface area contributed by atoms with Crippen LogP contribution in [0.1, 0.15) is 33.4 Å². The first-order valence-corrected chi connectivity index (χ1v) is 30.4. The molecule has 0 radical (unpaired) electrons. The molecule has 0 saturated carbocycles. The van der Waals surface area contributed by atoms with Crippen molar-refractivity contribution >= 4 is 48.1 Å². The quantitative estimate of drug-likeness (QED) is 0.135. The SMILES string of the molecule is C[Si]1(C)C(c2ccccc2)=C(c2ccccc2)c2cccc(-c3cc(-c4cc(-c5ccccc5)nc(-c5ccccc5)n4)cc(-c4cccc5c4[Si](C)(C)C(c4ccccc4)=C5c4ccccc4)c3)c21. The molecule has 3 heterocycles. The van der Waals surface area contributed by atoms with Crippen molar-refractivity contribution in [3.63, 3.8) is 0 Å². The molecule has 1 aromatic heterocycles. The summed E-state index contributed by atoms with van der Waals surface area (Å²) < 4.78 is 0. The van der Waals surface area contributed by atoms with Gasteiger partial charge in [0.25, 0.3) is 0 Å². The smallest absolute Gasteiger partial charge is 0.160 e. The number of nitrogens with zero attached hydrogens (tertiary/aromatic N) is 2. The first-order valence-electron chi connectivity index (χ1n) is 24.4. The summed E-state index contributed by atoms with van der Waals surface area (Å²) in [4.78, 5) is 10.7. The minimum Gasteiger partial charge on any atom is -0.228 e. The van der Waals surface area contributed by atoms with E-state index in [1.165, 1.54) is 87.5 Å². The van der Waals surface area contributed by atoms with Gasteiger partial charge in [-0.15, -0.1) is 0 Å². The van der Waals surface area contributed by atoms with Crippen LogP contribution in [0, 0.1) is 0 Å². The van der Waals surface area contributed by atoms with E-state index in [4.69, 9.17) is 9.97 Å². The zero-order chi connectivity index (χ0) is 47.4. The van der Waals surface area contributed by atoms with Crippen molar-refractivity contribution in [3.8, 4) is 56.2 Å². The molecule has 10 aromatic rings. The molecular formula is C66H52N2Si2. The largest absolute Gasteiger partial charge is 0.228 e. The third-order valence-electron chi connectivity index (χ3n) is 14.6. The van der Waals surface area contributed by atoms with Gasteiger partial charge >= 0.3 is 0 Å². The van der Waals surface area contributed by atoms with Gasteiger partial charge in [-0.05, 0) is 112 Å². The fourth-order valence-corrected chi connectivity index (χ4v) is 19.3.